The van der Waals surface area contributed by atoms with E-state index in [2.05, 4.69) is 20.1 Å². The number of aryl methyl sites for hydroxylation is 1. The second-order valence-corrected chi connectivity index (χ2v) is 8.60. The van der Waals surface area contributed by atoms with E-state index < -0.39 is 0 Å². The third-order valence-electron chi connectivity index (χ3n) is 6.30. The first-order valence-electron chi connectivity index (χ1n) is 11.6. The van der Waals surface area contributed by atoms with Gasteiger partial charge in [0.2, 0.25) is 5.95 Å². The van der Waals surface area contributed by atoms with Crippen LogP contribution in [0.2, 0.25) is 0 Å². The standard InChI is InChI=1S/C26H27N7O2/c1-32-16-19(14-30-32)22-13-18(9-10-28-22)25(34)33-11-4-3-8-23(33)24-21(15-29-26(27)31-24)17-6-5-7-20(12-17)35-2/h5-7,9-10,12-16,23H,3-4,8,11H2,1-2H3,(H2,27,29,31)/t23-/m1/s1. The van der Waals surface area contributed by atoms with E-state index in [9.17, 15) is 4.79 Å². The third-order valence-corrected chi connectivity index (χ3v) is 6.30. The molecule has 35 heavy (non-hydrogen) atoms. The quantitative estimate of drug-likeness (QED) is 0.472. The zero-order chi connectivity index (χ0) is 24.4. The minimum atomic E-state index is -0.224. The van der Waals surface area contributed by atoms with E-state index in [0.29, 0.717) is 17.8 Å². The number of amides is 1. The van der Waals surface area contributed by atoms with Crippen LogP contribution in [0.15, 0.2) is 61.2 Å². The van der Waals surface area contributed by atoms with Crippen molar-refractivity contribution in [3.63, 3.8) is 0 Å². The van der Waals surface area contributed by atoms with Crippen molar-refractivity contribution in [1.29, 1.82) is 0 Å². The van der Waals surface area contributed by atoms with Crippen LogP contribution < -0.4 is 10.5 Å². The minimum absolute atomic E-state index is 0.0592. The van der Waals surface area contributed by atoms with Crippen LogP contribution in [-0.4, -0.2) is 49.2 Å². The molecule has 1 aliphatic heterocycles. The molecule has 2 N–H and O–H groups in total. The van der Waals surface area contributed by atoms with Crippen molar-refractivity contribution in [2.45, 2.75) is 25.3 Å². The summed E-state index contributed by atoms with van der Waals surface area (Å²) in [4.78, 5) is 29.0. The van der Waals surface area contributed by atoms with Gasteiger partial charge in [0.25, 0.3) is 5.91 Å². The van der Waals surface area contributed by atoms with Crippen LogP contribution in [0.3, 0.4) is 0 Å². The number of nitrogens with two attached hydrogens (primary N) is 1. The number of methoxy groups -OCH3 is 1. The molecule has 9 nitrogen and oxygen atoms in total. The largest absolute Gasteiger partial charge is 0.497 e. The lowest BCUT2D eigenvalue weighted by atomic mass is 9.93. The second kappa shape index (κ2) is 9.54. The molecule has 5 rings (SSSR count). The average Bonchev–Trinajstić information content (AvgIpc) is 3.34. The van der Waals surface area contributed by atoms with E-state index in [4.69, 9.17) is 10.5 Å². The fraction of sp³-hybridized carbons (Fsp3) is 0.269. The monoisotopic (exact) mass is 469 g/mol. The highest BCUT2D eigenvalue weighted by Crippen LogP contribution is 2.37. The van der Waals surface area contributed by atoms with Gasteiger partial charge in [-0.25, -0.2) is 9.97 Å². The van der Waals surface area contributed by atoms with Gasteiger partial charge in [0.1, 0.15) is 5.75 Å². The number of anilines is 1. The fourth-order valence-corrected chi connectivity index (χ4v) is 4.58. The molecule has 1 saturated heterocycles. The molecular weight excluding hydrogens is 442 g/mol. The van der Waals surface area contributed by atoms with E-state index in [-0.39, 0.29) is 17.9 Å². The van der Waals surface area contributed by atoms with E-state index in [1.165, 1.54) is 0 Å². The Morgan fingerprint density at radius 1 is 1.11 bits per heavy atom. The Bertz CT molecular complexity index is 1370. The maximum Gasteiger partial charge on any atom is 0.254 e. The molecule has 0 saturated carbocycles. The second-order valence-electron chi connectivity index (χ2n) is 8.60. The molecule has 0 unspecified atom stereocenters. The highest BCUT2D eigenvalue weighted by Gasteiger charge is 2.32. The lowest BCUT2D eigenvalue weighted by Crippen LogP contribution is -2.39. The first-order valence-corrected chi connectivity index (χ1v) is 11.6. The van der Waals surface area contributed by atoms with E-state index in [0.717, 1.165) is 47.4 Å². The zero-order valence-electron chi connectivity index (χ0n) is 19.8. The summed E-state index contributed by atoms with van der Waals surface area (Å²) in [6.07, 6.45) is 9.73. The van der Waals surface area contributed by atoms with Gasteiger partial charge in [-0.1, -0.05) is 12.1 Å². The molecule has 4 heterocycles. The zero-order valence-corrected chi connectivity index (χ0v) is 19.8. The van der Waals surface area contributed by atoms with Gasteiger partial charge >= 0.3 is 0 Å². The molecule has 1 amide bonds. The number of benzene rings is 1. The molecular formula is C26H27N7O2. The number of piperidine rings is 1. The molecule has 0 aliphatic carbocycles. The Hall–Kier alpha value is -4.27. The van der Waals surface area contributed by atoms with Gasteiger partial charge in [-0.15, -0.1) is 0 Å². The van der Waals surface area contributed by atoms with Gasteiger partial charge in [-0.3, -0.25) is 14.5 Å². The topological polar surface area (TPSA) is 112 Å². The van der Waals surface area contributed by atoms with E-state index >= 15 is 0 Å². The molecule has 1 aromatic carbocycles. The van der Waals surface area contributed by atoms with Crippen LogP contribution in [-0.2, 0) is 7.05 Å². The molecule has 3 aromatic heterocycles. The van der Waals surface area contributed by atoms with Crippen molar-refractivity contribution in [2.24, 2.45) is 7.05 Å². The lowest BCUT2D eigenvalue weighted by molar-refractivity contribution is 0.0606. The number of carbonyl (C=O) groups is 1. The minimum Gasteiger partial charge on any atom is -0.497 e. The van der Waals surface area contributed by atoms with Gasteiger partial charge < -0.3 is 15.4 Å². The van der Waals surface area contributed by atoms with E-state index in [1.807, 2.05) is 48.5 Å². The van der Waals surface area contributed by atoms with Gasteiger partial charge in [0.05, 0.1) is 30.7 Å². The summed E-state index contributed by atoms with van der Waals surface area (Å²) in [6.45, 7) is 0.634. The van der Waals surface area contributed by atoms with Gasteiger partial charge in [-0.05, 0) is 49.1 Å². The van der Waals surface area contributed by atoms with Crippen molar-refractivity contribution < 1.29 is 9.53 Å². The number of likely N-dealkylation sites (tertiary alicyclic amines) is 1. The lowest BCUT2D eigenvalue weighted by Gasteiger charge is -2.36. The third kappa shape index (κ3) is 4.57. The summed E-state index contributed by atoms with van der Waals surface area (Å²) >= 11 is 0. The predicted octanol–water partition coefficient (Wildman–Crippen LogP) is 3.90. The Morgan fingerprint density at radius 2 is 2.00 bits per heavy atom. The average molecular weight is 470 g/mol. The van der Waals surface area contributed by atoms with E-state index in [1.54, 1.807) is 36.4 Å². The van der Waals surface area contributed by atoms with Crippen molar-refractivity contribution in [3.05, 3.63) is 72.4 Å². The highest BCUT2D eigenvalue weighted by molar-refractivity contribution is 5.95. The van der Waals surface area contributed by atoms with Crippen LogP contribution in [0.5, 0.6) is 5.75 Å². The summed E-state index contributed by atoms with van der Waals surface area (Å²) in [5.41, 5.74) is 10.7. The first kappa shape index (κ1) is 22.5. The number of pyridine rings is 1. The van der Waals surface area contributed by atoms with Gasteiger partial charge in [-0.2, -0.15) is 5.10 Å². The summed E-state index contributed by atoms with van der Waals surface area (Å²) in [7, 11) is 3.49. The maximum atomic E-state index is 13.8. The molecule has 4 aromatic rings. The number of carbonyl (C=O) groups excluding carboxylic acids is 1. The Morgan fingerprint density at radius 3 is 2.80 bits per heavy atom. The Kier molecular flexibility index (Phi) is 6.13. The fourth-order valence-electron chi connectivity index (χ4n) is 4.58. The molecule has 0 radical (unpaired) electrons. The van der Waals surface area contributed by atoms with Gasteiger partial charge in [0, 0.05) is 48.9 Å². The number of aromatic nitrogens is 5. The molecule has 1 aliphatic rings. The molecule has 1 atom stereocenters. The SMILES string of the molecule is COc1cccc(-c2cnc(N)nc2[C@H]2CCCCN2C(=O)c2ccnc(-c3cnn(C)c3)c2)c1. The van der Waals surface area contributed by atoms with Crippen molar-refractivity contribution in [1.82, 2.24) is 29.6 Å². The summed E-state index contributed by atoms with van der Waals surface area (Å²) in [5, 5.41) is 4.21. The smallest absolute Gasteiger partial charge is 0.254 e. The van der Waals surface area contributed by atoms with Crippen LogP contribution >= 0.6 is 0 Å². The molecule has 1 fully saturated rings. The number of rotatable bonds is 5. The molecule has 178 valence electrons. The number of nitrogen functional groups attached to an aromatic ring is 1. The van der Waals surface area contributed by atoms with Crippen LogP contribution in [0.4, 0.5) is 5.95 Å². The van der Waals surface area contributed by atoms with Crippen LogP contribution in [0.1, 0.15) is 41.4 Å². The van der Waals surface area contributed by atoms with Gasteiger partial charge in [0.15, 0.2) is 0 Å². The van der Waals surface area contributed by atoms with Crippen molar-refractivity contribution >= 4 is 11.9 Å². The van der Waals surface area contributed by atoms with Crippen LogP contribution in [0, 0.1) is 0 Å². The highest BCUT2D eigenvalue weighted by atomic mass is 16.5. The summed E-state index contributed by atoms with van der Waals surface area (Å²) in [5.74, 6) is 0.866. The number of hydrogen-bond donors (Lipinski definition) is 1. The number of hydrogen-bond acceptors (Lipinski definition) is 7. The van der Waals surface area contributed by atoms with Crippen molar-refractivity contribution in [2.75, 3.05) is 19.4 Å². The molecule has 9 heteroatoms. The summed E-state index contributed by atoms with van der Waals surface area (Å²) in [6, 6.07) is 11.1. The number of nitrogens with zero attached hydrogens (tertiary/aromatic N) is 6. The Balaban J connectivity index is 1.52. The van der Waals surface area contributed by atoms with Crippen molar-refractivity contribution in [3.8, 4) is 28.1 Å². The Labute approximate surface area is 203 Å². The predicted molar refractivity (Wildman–Crippen MR) is 132 cm³/mol. The molecule has 0 spiro atoms. The number of ether oxygens (including phenoxy) is 1. The maximum absolute atomic E-state index is 13.8. The molecule has 0 bridgehead atoms. The normalized spacial score (nSPS) is 15.7. The first-order chi connectivity index (χ1) is 17.0. The van der Waals surface area contributed by atoms with Crippen LogP contribution in [0.25, 0.3) is 22.4 Å². The summed E-state index contributed by atoms with van der Waals surface area (Å²) < 4.78 is 7.12.